The maximum atomic E-state index is 12.8. The predicted molar refractivity (Wildman–Crippen MR) is 69.2 cm³/mol. The van der Waals surface area contributed by atoms with Crippen molar-refractivity contribution >= 4 is 11.6 Å². The molecule has 1 aromatic carbocycles. The van der Waals surface area contributed by atoms with Gasteiger partial charge in [0.2, 0.25) is 0 Å². The van der Waals surface area contributed by atoms with Crippen LogP contribution in [0.5, 0.6) is 0 Å². The van der Waals surface area contributed by atoms with E-state index in [4.69, 9.17) is 11.6 Å². The summed E-state index contributed by atoms with van der Waals surface area (Å²) in [5.41, 5.74) is 2.00. The molecule has 0 aliphatic rings. The molecule has 1 aromatic heterocycles. The average molecular weight is 286 g/mol. The van der Waals surface area contributed by atoms with Crippen molar-refractivity contribution in [2.75, 3.05) is 0 Å². The minimum absolute atomic E-state index is 0.161. The number of hydrogen-bond acceptors (Lipinski definition) is 1. The predicted octanol–water partition coefficient (Wildman–Crippen LogP) is 5.04. The van der Waals surface area contributed by atoms with Gasteiger partial charge in [-0.2, -0.15) is 13.2 Å². The monoisotopic (exact) mass is 285 g/mol. The summed E-state index contributed by atoms with van der Waals surface area (Å²) in [5, 5.41) is -0.161. The summed E-state index contributed by atoms with van der Waals surface area (Å²) in [6.07, 6.45) is -4.43. The number of halogens is 4. The molecule has 1 heterocycles. The largest absolute Gasteiger partial charge is 0.416 e. The molecule has 2 aromatic rings. The van der Waals surface area contributed by atoms with Gasteiger partial charge < -0.3 is 0 Å². The molecule has 2 rings (SSSR count). The van der Waals surface area contributed by atoms with Crippen molar-refractivity contribution < 1.29 is 13.2 Å². The maximum Gasteiger partial charge on any atom is 0.416 e. The van der Waals surface area contributed by atoms with Crippen LogP contribution in [0.2, 0.25) is 5.15 Å². The number of alkyl halides is 3. The molecule has 0 amide bonds. The van der Waals surface area contributed by atoms with Gasteiger partial charge in [0.05, 0.1) is 11.3 Å². The molecular formula is C14H11ClF3N. The van der Waals surface area contributed by atoms with E-state index in [1.807, 2.05) is 19.9 Å². The topological polar surface area (TPSA) is 12.9 Å². The summed E-state index contributed by atoms with van der Waals surface area (Å²) in [6.45, 7) is 3.74. The van der Waals surface area contributed by atoms with Gasteiger partial charge in [0.25, 0.3) is 0 Å². The molecule has 0 atom stereocenters. The Balaban J connectivity index is 2.63. The molecule has 0 unspecified atom stereocenters. The first-order chi connectivity index (χ1) is 8.79. The lowest BCUT2D eigenvalue weighted by molar-refractivity contribution is -0.137. The van der Waals surface area contributed by atoms with E-state index >= 15 is 0 Å². The fourth-order valence-electron chi connectivity index (χ4n) is 1.83. The first kappa shape index (κ1) is 13.9. The van der Waals surface area contributed by atoms with Crippen LogP contribution in [0.15, 0.2) is 30.3 Å². The van der Waals surface area contributed by atoms with Crippen LogP contribution in [0, 0.1) is 13.8 Å². The summed E-state index contributed by atoms with van der Waals surface area (Å²) in [7, 11) is 0. The van der Waals surface area contributed by atoms with Crippen molar-refractivity contribution in [1.82, 2.24) is 4.98 Å². The van der Waals surface area contributed by atoms with Gasteiger partial charge >= 0.3 is 6.18 Å². The Labute approximate surface area is 114 Å². The number of hydrogen-bond donors (Lipinski definition) is 0. The van der Waals surface area contributed by atoms with Crippen LogP contribution in [0.25, 0.3) is 11.3 Å². The highest BCUT2D eigenvalue weighted by molar-refractivity contribution is 6.29. The highest BCUT2D eigenvalue weighted by atomic mass is 35.5. The van der Waals surface area contributed by atoms with E-state index in [1.165, 1.54) is 0 Å². The summed E-state index contributed by atoms with van der Waals surface area (Å²) in [4.78, 5) is 3.98. The van der Waals surface area contributed by atoms with Gasteiger partial charge in [-0.3, -0.25) is 0 Å². The van der Waals surface area contributed by atoms with Crippen molar-refractivity contribution in [2.45, 2.75) is 20.0 Å². The molecule has 0 radical (unpaired) electrons. The fourth-order valence-corrected chi connectivity index (χ4v) is 2.04. The number of aryl methyl sites for hydroxylation is 1. The molecule has 0 saturated heterocycles. The third-order valence-corrected chi connectivity index (χ3v) is 3.20. The molecule has 0 bridgehead atoms. The third-order valence-electron chi connectivity index (χ3n) is 3.00. The van der Waals surface area contributed by atoms with Gasteiger partial charge in [-0.15, -0.1) is 0 Å². The van der Waals surface area contributed by atoms with Gasteiger partial charge in [0.1, 0.15) is 5.15 Å². The van der Waals surface area contributed by atoms with Gasteiger partial charge in [0, 0.05) is 5.56 Å². The molecule has 0 N–H and O–H groups in total. The standard InChI is InChI=1S/C14H11ClF3N/c1-8-4-3-5-11(9(8)2)12-6-10(14(16,17)18)7-13(15)19-12/h3-7H,1-2H3. The van der Waals surface area contributed by atoms with Crippen LogP contribution in [-0.4, -0.2) is 4.98 Å². The highest BCUT2D eigenvalue weighted by Gasteiger charge is 2.31. The number of rotatable bonds is 1. The Hall–Kier alpha value is -1.55. The first-order valence-electron chi connectivity index (χ1n) is 5.60. The second kappa shape index (κ2) is 4.85. The van der Waals surface area contributed by atoms with E-state index in [1.54, 1.807) is 12.1 Å². The smallest absolute Gasteiger partial charge is 0.236 e. The maximum absolute atomic E-state index is 12.8. The summed E-state index contributed by atoms with van der Waals surface area (Å²) < 4.78 is 38.3. The molecule has 0 aliphatic heterocycles. The lowest BCUT2D eigenvalue weighted by Crippen LogP contribution is -2.06. The lowest BCUT2D eigenvalue weighted by atomic mass is 10.00. The average Bonchev–Trinajstić information content (AvgIpc) is 2.31. The minimum Gasteiger partial charge on any atom is -0.236 e. The molecule has 19 heavy (non-hydrogen) atoms. The number of benzene rings is 1. The fraction of sp³-hybridized carbons (Fsp3) is 0.214. The lowest BCUT2D eigenvalue weighted by Gasteiger charge is -2.12. The molecule has 0 spiro atoms. The zero-order valence-corrected chi connectivity index (χ0v) is 11.1. The first-order valence-corrected chi connectivity index (χ1v) is 5.98. The van der Waals surface area contributed by atoms with Crippen LogP contribution in [-0.2, 0) is 6.18 Å². The van der Waals surface area contributed by atoms with Crippen LogP contribution >= 0.6 is 11.6 Å². The molecular weight excluding hydrogens is 275 g/mol. The minimum atomic E-state index is -4.43. The van der Waals surface area contributed by atoms with Crippen LogP contribution in [0.4, 0.5) is 13.2 Å². The summed E-state index contributed by atoms with van der Waals surface area (Å²) in [5.74, 6) is 0. The Morgan fingerprint density at radius 2 is 1.79 bits per heavy atom. The zero-order chi connectivity index (χ0) is 14.2. The van der Waals surface area contributed by atoms with Crippen LogP contribution in [0.1, 0.15) is 16.7 Å². The van der Waals surface area contributed by atoms with Crippen LogP contribution in [0.3, 0.4) is 0 Å². The van der Waals surface area contributed by atoms with Crippen molar-refractivity contribution in [3.63, 3.8) is 0 Å². The van der Waals surface area contributed by atoms with Crippen molar-refractivity contribution in [3.8, 4) is 11.3 Å². The van der Waals surface area contributed by atoms with E-state index < -0.39 is 11.7 Å². The van der Waals surface area contributed by atoms with Gasteiger partial charge in [-0.25, -0.2) is 4.98 Å². The Bertz CT molecular complexity index is 621. The molecule has 0 saturated carbocycles. The van der Waals surface area contributed by atoms with E-state index in [9.17, 15) is 13.2 Å². The summed E-state index contributed by atoms with van der Waals surface area (Å²) >= 11 is 5.69. The van der Waals surface area contributed by atoms with Crippen molar-refractivity contribution in [1.29, 1.82) is 0 Å². The highest BCUT2D eigenvalue weighted by Crippen LogP contribution is 2.34. The zero-order valence-electron chi connectivity index (χ0n) is 10.3. The second-order valence-corrected chi connectivity index (χ2v) is 4.70. The van der Waals surface area contributed by atoms with E-state index in [0.717, 1.165) is 23.3 Å². The molecule has 100 valence electrons. The number of pyridine rings is 1. The molecule has 1 nitrogen and oxygen atoms in total. The van der Waals surface area contributed by atoms with Crippen molar-refractivity contribution in [3.05, 3.63) is 52.2 Å². The second-order valence-electron chi connectivity index (χ2n) is 4.31. The van der Waals surface area contributed by atoms with E-state index in [2.05, 4.69) is 4.98 Å². The SMILES string of the molecule is Cc1cccc(-c2cc(C(F)(F)F)cc(Cl)n2)c1C. The van der Waals surface area contributed by atoms with E-state index in [0.29, 0.717) is 5.56 Å². The van der Waals surface area contributed by atoms with Crippen LogP contribution < -0.4 is 0 Å². The van der Waals surface area contributed by atoms with Crippen molar-refractivity contribution in [2.24, 2.45) is 0 Å². The molecule has 0 fully saturated rings. The van der Waals surface area contributed by atoms with E-state index in [-0.39, 0.29) is 10.8 Å². The summed E-state index contributed by atoms with van der Waals surface area (Å²) in [6, 6.07) is 7.27. The molecule has 0 aliphatic carbocycles. The Morgan fingerprint density at radius 1 is 1.11 bits per heavy atom. The normalized spacial score (nSPS) is 11.7. The number of nitrogens with zero attached hydrogens (tertiary/aromatic N) is 1. The Kier molecular flexibility index (Phi) is 3.54. The third kappa shape index (κ3) is 2.89. The van der Waals surface area contributed by atoms with Gasteiger partial charge in [0.15, 0.2) is 0 Å². The quantitative estimate of drug-likeness (QED) is 0.669. The number of aromatic nitrogens is 1. The molecule has 5 heteroatoms. The Morgan fingerprint density at radius 3 is 2.42 bits per heavy atom. The van der Waals surface area contributed by atoms with Gasteiger partial charge in [-0.1, -0.05) is 29.8 Å². The van der Waals surface area contributed by atoms with Gasteiger partial charge in [-0.05, 0) is 37.1 Å².